The molecular formula is C17H14FN5. The zero-order valence-corrected chi connectivity index (χ0v) is 12.4. The van der Waals surface area contributed by atoms with Crippen molar-refractivity contribution in [1.29, 1.82) is 0 Å². The van der Waals surface area contributed by atoms with E-state index < -0.39 is 0 Å². The molecule has 0 spiro atoms. The smallest absolute Gasteiger partial charge is 0.160 e. The minimum Gasteiger partial charge on any atom is -0.360 e. The second-order valence-corrected chi connectivity index (χ2v) is 5.39. The van der Waals surface area contributed by atoms with Crippen LogP contribution in [0.15, 0.2) is 54.7 Å². The summed E-state index contributed by atoms with van der Waals surface area (Å²) in [6.07, 6.45) is 1.92. The van der Waals surface area contributed by atoms with Crippen LogP contribution in [0.2, 0.25) is 0 Å². The number of hydrogen-bond acceptors (Lipinski definition) is 4. The quantitative estimate of drug-likeness (QED) is 0.628. The molecule has 1 atom stereocenters. The largest absolute Gasteiger partial charge is 0.360 e. The lowest BCUT2D eigenvalue weighted by atomic mass is 10.2. The Kier molecular flexibility index (Phi) is 3.15. The van der Waals surface area contributed by atoms with Crippen molar-refractivity contribution in [2.45, 2.75) is 13.0 Å². The van der Waals surface area contributed by atoms with Gasteiger partial charge in [0.2, 0.25) is 0 Å². The Morgan fingerprint density at radius 1 is 1.09 bits per heavy atom. The fraction of sp³-hybridized carbons (Fsp3) is 0.118. The molecule has 0 unspecified atom stereocenters. The summed E-state index contributed by atoms with van der Waals surface area (Å²) < 4.78 is 15.3. The average Bonchev–Trinajstić information content (AvgIpc) is 2.98. The molecule has 1 N–H and O–H groups in total. The van der Waals surface area contributed by atoms with Crippen LogP contribution in [-0.4, -0.2) is 19.6 Å². The van der Waals surface area contributed by atoms with Crippen molar-refractivity contribution in [2.24, 2.45) is 0 Å². The van der Waals surface area contributed by atoms with Crippen LogP contribution in [-0.2, 0) is 0 Å². The van der Waals surface area contributed by atoms with Gasteiger partial charge in [-0.3, -0.25) is 4.40 Å². The third-order valence-electron chi connectivity index (χ3n) is 3.75. The lowest BCUT2D eigenvalue weighted by molar-refractivity contribution is 0.629. The zero-order valence-electron chi connectivity index (χ0n) is 12.4. The Bertz CT molecular complexity index is 995. The van der Waals surface area contributed by atoms with Gasteiger partial charge in [0.1, 0.15) is 11.6 Å². The molecular weight excluding hydrogens is 293 g/mol. The van der Waals surface area contributed by atoms with Gasteiger partial charge in [-0.25, -0.2) is 9.37 Å². The van der Waals surface area contributed by atoms with Crippen molar-refractivity contribution in [2.75, 3.05) is 5.32 Å². The van der Waals surface area contributed by atoms with Gasteiger partial charge in [0.05, 0.1) is 11.6 Å². The summed E-state index contributed by atoms with van der Waals surface area (Å²) in [5.41, 5.74) is 1.41. The van der Waals surface area contributed by atoms with E-state index in [1.807, 2.05) is 47.9 Å². The van der Waals surface area contributed by atoms with Crippen LogP contribution in [0.25, 0.3) is 16.6 Å². The molecule has 1 aromatic carbocycles. The van der Waals surface area contributed by atoms with Crippen LogP contribution in [0.1, 0.15) is 18.8 Å². The molecule has 4 rings (SSSR count). The zero-order chi connectivity index (χ0) is 15.8. The third kappa shape index (κ3) is 2.48. The number of benzene rings is 1. The van der Waals surface area contributed by atoms with Gasteiger partial charge >= 0.3 is 0 Å². The highest BCUT2D eigenvalue weighted by Gasteiger charge is 2.13. The van der Waals surface area contributed by atoms with Gasteiger partial charge < -0.3 is 5.32 Å². The maximum atomic E-state index is 13.3. The number of hydrogen-bond donors (Lipinski definition) is 1. The Labute approximate surface area is 131 Å². The lowest BCUT2D eigenvalue weighted by Crippen LogP contribution is -2.11. The molecule has 5 nitrogen and oxygen atoms in total. The molecule has 4 aromatic rings. The highest BCUT2D eigenvalue weighted by atomic mass is 19.1. The third-order valence-corrected chi connectivity index (χ3v) is 3.75. The van der Waals surface area contributed by atoms with Crippen LogP contribution >= 0.6 is 0 Å². The van der Waals surface area contributed by atoms with Crippen LogP contribution in [0, 0.1) is 5.82 Å². The van der Waals surface area contributed by atoms with Gasteiger partial charge in [-0.1, -0.05) is 6.07 Å². The maximum absolute atomic E-state index is 13.3. The predicted molar refractivity (Wildman–Crippen MR) is 86.7 cm³/mol. The van der Waals surface area contributed by atoms with E-state index in [1.165, 1.54) is 12.1 Å². The first-order valence-corrected chi connectivity index (χ1v) is 7.33. The number of aromatic nitrogens is 4. The molecule has 6 heteroatoms. The highest BCUT2D eigenvalue weighted by molar-refractivity contribution is 5.80. The molecule has 0 saturated carbocycles. The molecule has 0 aliphatic rings. The van der Waals surface area contributed by atoms with Crippen molar-refractivity contribution in [1.82, 2.24) is 19.6 Å². The number of rotatable bonds is 3. The van der Waals surface area contributed by atoms with Gasteiger partial charge in [-0.2, -0.15) is 0 Å². The fourth-order valence-corrected chi connectivity index (χ4v) is 2.61. The van der Waals surface area contributed by atoms with Crippen LogP contribution in [0.4, 0.5) is 10.2 Å². The van der Waals surface area contributed by atoms with E-state index in [-0.39, 0.29) is 11.9 Å². The molecule has 3 heterocycles. The first-order valence-electron chi connectivity index (χ1n) is 7.33. The van der Waals surface area contributed by atoms with Crippen LogP contribution in [0.5, 0.6) is 0 Å². The van der Waals surface area contributed by atoms with E-state index in [9.17, 15) is 4.39 Å². The van der Waals surface area contributed by atoms with E-state index in [2.05, 4.69) is 20.5 Å². The minimum absolute atomic E-state index is 0.0918. The summed E-state index contributed by atoms with van der Waals surface area (Å²) in [6.45, 7) is 1.99. The number of halogens is 1. The van der Waals surface area contributed by atoms with Gasteiger partial charge in [0.15, 0.2) is 11.5 Å². The number of pyridine rings is 2. The first kappa shape index (κ1) is 13.6. The summed E-state index contributed by atoms with van der Waals surface area (Å²) in [7, 11) is 0. The lowest BCUT2D eigenvalue weighted by Gasteiger charge is -2.13. The summed E-state index contributed by atoms with van der Waals surface area (Å²) in [5, 5.41) is 12.6. The van der Waals surface area contributed by atoms with E-state index in [4.69, 9.17) is 0 Å². The van der Waals surface area contributed by atoms with E-state index in [0.717, 1.165) is 16.9 Å². The number of nitrogens with zero attached hydrogens (tertiary/aromatic N) is 4. The topological polar surface area (TPSA) is 55.1 Å². The van der Waals surface area contributed by atoms with Crippen molar-refractivity contribution in [3.8, 4) is 0 Å². The van der Waals surface area contributed by atoms with Crippen molar-refractivity contribution in [3.05, 3.63) is 66.4 Å². The standard InChI is InChI=1S/C17H14FN5/c1-11(17-22-21-16-4-2-3-9-23(16)17)19-15-8-6-12-5-7-13(18)10-14(12)20-15/h2-11H,1H3,(H,19,20)/t11-/m0/s1. The van der Waals surface area contributed by atoms with Crippen molar-refractivity contribution in [3.63, 3.8) is 0 Å². The molecule has 23 heavy (non-hydrogen) atoms. The van der Waals surface area contributed by atoms with Crippen molar-refractivity contribution >= 4 is 22.4 Å². The van der Waals surface area contributed by atoms with Gasteiger partial charge in [0, 0.05) is 17.6 Å². The second-order valence-electron chi connectivity index (χ2n) is 5.39. The maximum Gasteiger partial charge on any atom is 0.160 e. The highest BCUT2D eigenvalue weighted by Crippen LogP contribution is 2.20. The fourth-order valence-electron chi connectivity index (χ4n) is 2.61. The van der Waals surface area contributed by atoms with E-state index in [1.54, 1.807) is 6.07 Å². The van der Waals surface area contributed by atoms with Gasteiger partial charge in [-0.05, 0) is 43.3 Å². The Hall–Kier alpha value is -3.02. The molecule has 0 bridgehead atoms. The molecule has 3 aromatic heterocycles. The Balaban J connectivity index is 1.67. The van der Waals surface area contributed by atoms with Gasteiger partial charge in [-0.15, -0.1) is 10.2 Å². The number of anilines is 1. The van der Waals surface area contributed by atoms with E-state index >= 15 is 0 Å². The molecule has 0 amide bonds. The summed E-state index contributed by atoms with van der Waals surface area (Å²) in [4.78, 5) is 4.46. The molecule has 0 fully saturated rings. The monoisotopic (exact) mass is 307 g/mol. The van der Waals surface area contributed by atoms with Crippen LogP contribution in [0.3, 0.4) is 0 Å². The summed E-state index contributed by atoms with van der Waals surface area (Å²) in [6, 6.07) is 14.0. The Morgan fingerprint density at radius 3 is 2.87 bits per heavy atom. The van der Waals surface area contributed by atoms with Gasteiger partial charge in [0.25, 0.3) is 0 Å². The molecule has 114 valence electrons. The molecule has 0 saturated heterocycles. The normalized spacial score (nSPS) is 12.6. The SMILES string of the molecule is C[C@H](Nc1ccc2ccc(F)cc2n1)c1nnc2ccccn12. The minimum atomic E-state index is -0.293. The number of fused-ring (bicyclic) bond motifs is 2. The Morgan fingerprint density at radius 2 is 1.96 bits per heavy atom. The van der Waals surface area contributed by atoms with E-state index in [0.29, 0.717) is 11.3 Å². The first-order chi connectivity index (χ1) is 11.2. The summed E-state index contributed by atoms with van der Waals surface area (Å²) in [5.74, 6) is 1.17. The average molecular weight is 307 g/mol. The number of nitrogens with one attached hydrogen (secondary N) is 1. The predicted octanol–water partition coefficient (Wildman–Crippen LogP) is 3.59. The second kappa shape index (κ2) is 5.31. The molecule has 0 radical (unpaired) electrons. The summed E-state index contributed by atoms with van der Waals surface area (Å²) >= 11 is 0. The van der Waals surface area contributed by atoms with Crippen molar-refractivity contribution < 1.29 is 4.39 Å². The molecule has 0 aliphatic heterocycles. The van der Waals surface area contributed by atoms with Crippen LogP contribution < -0.4 is 5.32 Å². The molecule has 0 aliphatic carbocycles.